The van der Waals surface area contributed by atoms with Gasteiger partial charge in [-0.2, -0.15) is 0 Å². The lowest BCUT2D eigenvalue weighted by atomic mass is 10.1. The summed E-state index contributed by atoms with van der Waals surface area (Å²) >= 11 is 0. The Bertz CT molecular complexity index is 252. The van der Waals surface area contributed by atoms with Crippen LogP contribution < -0.4 is 0 Å². The maximum absolute atomic E-state index is 12.0. The standard InChI is InChI=1S/C13H24N2O2/c16-11-12-5-4-9-14(12)10-6-13(17)15-7-2-1-3-8-15/h12,16H,1-11H2/t12-/m1/s1. The normalized spacial score (nSPS) is 26.4. The lowest BCUT2D eigenvalue weighted by Gasteiger charge is -2.28. The molecule has 0 aromatic carbocycles. The summed E-state index contributed by atoms with van der Waals surface area (Å²) in [6, 6.07) is 0.296. The largest absolute Gasteiger partial charge is 0.395 e. The second-order valence-electron chi connectivity index (χ2n) is 5.21. The molecule has 2 fully saturated rings. The second kappa shape index (κ2) is 6.36. The molecule has 1 amide bonds. The van der Waals surface area contributed by atoms with Crippen molar-refractivity contribution in [2.24, 2.45) is 0 Å². The van der Waals surface area contributed by atoms with Gasteiger partial charge in [0.2, 0.25) is 5.91 Å². The first kappa shape index (κ1) is 12.8. The van der Waals surface area contributed by atoms with Gasteiger partial charge in [-0.1, -0.05) is 0 Å². The van der Waals surface area contributed by atoms with Crippen molar-refractivity contribution in [2.45, 2.75) is 44.6 Å². The Morgan fingerprint density at radius 3 is 2.59 bits per heavy atom. The van der Waals surface area contributed by atoms with Gasteiger partial charge in [-0.05, 0) is 38.6 Å². The Morgan fingerprint density at radius 2 is 1.88 bits per heavy atom. The fraction of sp³-hybridized carbons (Fsp3) is 0.923. The van der Waals surface area contributed by atoms with E-state index in [2.05, 4.69) is 4.90 Å². The van der Waals surface area contributed by atoms with Crippen LogP contribution in [0.5, 0.6) is 0 Å². The Hall–Kier alpha value is -0.610. The number of aliphatic hydroxyl groups is 1. The van der Waals surface area contributed by atoms with Crippen LogP contribution >= 0.6 is 0 Å². The quantitative estimate of drug-likeness (QED) is 0.792. The SMILES string of the molecule is O=C(CCN1CCC[C@@H]1CO)N1CCCCC1. The maximum Gasteiger partial charge on any atom is 0.223 e. The van der Waals surface area contributed by atoms with Crippen molar-refractivity contribution in [3.63, 3.8) is 0 Å². The van der Waals surface area contributed by atoms with E-state index >= 15 is 0 Å². The van der Waals surface area contributed by atoms with E-state index in [1.807, 2.05) is 4.90 Å². The topological polar surface area (TPSA) is 43.8 Å². The number of carbonyl (C=O) groups excluding carboxylic acids is 1. The summed E-state index contributed by atoms with van der Waals surface area (Å²) in [5.74, 6) is 0.299. The van der Waals surface area contributed by atoms with E-state index in [0.29, 0.717) is 18.4 Å². The number of piperidine rings is 1. The fourth-order valence-corrected chi connectivity index (χ4v) is 2.94. The first-order chi connectivity index (χ1) is 8.31. The highest BCUT2D eigenvalue weighted by Gasteiger charge is 2.25. The van der Waals surface area contributed by atoms with E-state index in [-0.39, 0.29) is 6.61 Å². The average molecular weight is 240 g/mol. The van der Waals surface area contributed by atoms with Gasteiger partial charge in [-0.25, -0.2) is 0 Å². The average Bonchev–Trinajstić information content (AvgIpc) is 2.84. The molecule has 0 bridgehead atoms. The molecule has 4 heteroatoms. The maximum atomic E-state index is 12.0. The molecule has 0 aromatic rings. The zero-order valence-electron chi connectivity index (χ0n) is 10.6. The Kier molecular flexibility index (Phi) is 4.80. The van der Waals surface area contributed by atoms with Crippen LogP contribution in [0.1, 0.15) is 38.5 Å². The van der Waals surface area contributed by atoms with Gasteiger partial charge < -0.3 is 10.0 Å². The van der Waals surface area contributed by atoms with E-state index in [0.717, 1.165) is 51.9 Å². The van der Waals surface area contributed by atoms with Gasteiger partial charge in [0.15, 0.2) is 0 Å². The number of hydrogen-bond acceptors (Lipinski definition) is 3. The van der Waals surface area contributed by atoms with Crippen molar-refractivity contribution in [1.29, 1.82) is 0 Å². The lowest BCUT2D eigenvalue weighted by Crippen LogP contribution is -2.39. The highest BCUT2D eigenvalue weighted by molar-refractivity contribution is 5.76. The van der Waals surface area contributed by atoms with Gasteiger partial charge in [0, 0.05) is 32.1 Å². The fourth-order valence-electron chi connectivity index (χ4n) is 2.94. The summed E-state index contributed by atoms with van der Waals surface area (Å²) in [6.07, 6.45) is 6.44. The van der Waals surface area contributed by atoms with Crippen molar-refractivity contribution in [3.8, 4) is 0 Å². The van der Waals surface area contributed by atoms with Crippen molar-refractivity contribution in [2.75, 3.05) is 32.8 Å². The number of amides is 1. The summed E-state index contributed by atoms with van der Waals surface area (Å²) in [4.78, 5) is 16.3. The minimum atomic E-state index is 0.234. The Labute approximate surface area is 104 Å². The van der Waals surface area contributed by atoms with Gasteiger partial charge in [-0.15, -0.1) is 0 Å². The van der Waals surface area contributed by atoms with E-state index in [1.54, 1.807) is 0 Å². The molecule has 98 valence electrons. The van der Waals surface area contributed by atoms with Crippen LogP contribution in [0.2, 0.25) is 0 Å². The van der Waals surface area contributed by atoms with Gasteiger partial charge in [-0.3, -0.25) is 9.69 Å². The highest BCUT2D eigenvalue weighted by atomic mass is 16.3. The van der Waals surface area contributed by atoms with Crippen LogP contribution in [0.15, 0.2) is 0 Å². The van der Waals surface area contributed by atoms with Crippen LogP contribution in [0, 0.1) is 0 Å². The van der Waals surface area contributed by atoms with E-state index in [1.165, 1.54) is 6.42 Å². The third kappa shape index (κ3) is 3.42. The molecule has 4 nitrogen and oxygen atoms in total. The Balaban J connectivity index is 1.71. The molecule has 0 unspecified atom stereocenters. The second-order valence-corrected chi connectivity index (χ2v) is 5.21. The minimum absolute atomic E-state index is 0.234. The van der Waals surface area contributed by atoms with E-state index in [4.69, 9.17) is 0 Å². The zero-order chi connectivity index (χ0) is 12.1. The third-order valence-corrected chi connectivity index (χ3v) is 4.03. The first-order valence-electron chi connectivity index (χ1n) is 6.94. The van der Waals surface area contributed by atoms with Gasteiger partial charge in [0.1, 0.15) is 0 Å². The molecule has 2 aliphatic rings. The van der Waals surface area contributed by atoms with Crippen molar-refractivity contribution in [1.82, 2.24) is 9.80 Å². The number of rotatable bonds is 4. The smallest absolute Gasteiger partial charge is 0.223 e. The molecule has 17 heavy (non-hydrogen) atoms. The summed E-state index contributed by atoms with van der Waals surface area (Å²) in [5.41, 5.74) is 0. The summed E-state index contributed by atoms with van der Waals surface area (Å²) in [6.45, 7) is 3.99. The van der Waals surface area contributed by atoms with Crippen molar-refractivity contribution in [3.05, 3.63) is 0 Å². The molecular weight excluding hydrogens is 216 g/mol. The molecule has 2 rings (SSSR count). The molecule has 0 saturated carbocycles. The van der Waals surface area contributed by atoms with E-state index in [9.17, 15) is 9.90 Å². The summed E-state index contributed by atoms with van der Waals surface area (Å²) in [7, 11) is 0. The lowest BCUT2D eigenvalue weighted by molar-refractivity contribution is -0.132. The predicted octanol–water partition coefficient (Wildman–Crippen LogP) is 0.846. The molecule has 0 spiro atoms. The molecule has 0 radical (unpaired) electrons. The highest BCUT2D eigenvalue weighted by Crippen LogP contribution is 2.17. The monoisotopic (exact) mass is 240 g/mol. The van der Waals surface area contributed by atoms with Gasteiger partial charge in [0.25, 0.3) is 0 Å². The molecule has 0 aromatic heterocycles. The predicted molar refractivity (Wildman–Crippen MR) is 66.7 cm³/mol. The number of hydrogen-bond donors (Lipinski definition) is 1. The summed E-state index contributed by atoms with van der Waals surface area (Å²) < 4.78 is 0. The molecule has 2 saturated heterocycles. The Morgan fingerprint density at radius 1 is 1.12 bits per heavy atom. The van der Waals surface area contributed by atoms with E-state index < -0.39 is 0 Å². The van der Waals surface area contributed by atoms with Crippen molar-refractivity contribution < 1.29 is 9.90 Å². The van der Waals surface area contributed by atoms with Gasteiger partial charge in [0.05, 0.1) is 6.61 Å². The molecule has 1 atom stereocenters. The van der Waals surface area contributed by atoms with Gasteiger partial charge >= 0.3 is 0 Å². The first-order valence-corrected chi connectivity index (χ1v) is 6.94. The van der Waals surface area contributed by atoms with Crippen LogP contribution in [0.25, 0.3) is 0 Å². The van der Waals surface area contributed by atoms with Crippen molar-refractivity contribution >= 4 is 5.91 Å². The zero-order valence-corrected chi connectivity index (χ0v) is 10.6. The van der Waals surface area contributed by atoms with Crippen LogP contribution in [-0.2, 0) is 4.79 Å². The molecule has 1 N–H and O–H groups in total. The molecule has 0 aliphatic carbocycles. The third-order valence-electron chi connectivity index (χ3n) is 4.03. The van der Waals surface area contributed by atoms with Crippen LogP contribution in [-0.4, -0.2) is 59.6 Å². The molecular formula is C13H24N2O2. The number of likely N-dealkylation sites (tertiary alicyclic amines) is 2. The molecule has 2 aliphatic heterocycles. The van der Waals surface area contributed by atoms with Crippen LogP contribution in [0.4, 0.5) is 0 Å². The van der Waals surface area contributed by atoms with Crippen LogP contribution in [0.3, 0.4) is 0 Å². The molecule has 2 heterocycles. The summed E-state index contributed by atoms with van der Waals surface area (Å²) in [5, 5.41) is 9.21. The number of aliphatic hydroxyl groups excluding tert-OH is 1. The minimum Gasteiger partial charge on any atom is -0.395 e. The number of nitrogens with zero attached hydrogens (tertiary/aromatic N) is 2. The number of carbonyl (C=O) groups is 1.